The van der Waals surface area contributed by atoms with E-state index in [-0.39, 0.29) is 16.5 Å². The van der Waals surface area contributed by atoms with Crippen LogP contribution in [0.5, 0.6) is 0 Å². The molecule has 92 valence electrons. The van der Waals surface area contributed by atoms with Gasteiger partial charge in [0.05, 0.1) is 0 Å². The molecule has 0 aliphatic carbocycles. The van der Waals surface area contributed by atoms with Crippen LogP contribution in [0.3, 0.4) is 0 Å². The Morgan fingerprint density at radius 1 is 1.41 bits per heavy atom. The number of anilines is 1. The van der Waals surface area contributed by atoms with E-state index in [1.807, 2.05) is 0 Å². The molecule has 1 N–H and O–H groups in total. The number of nitrogens with one attached hydrogen (secondary N) is 1. The fourth-order valence-corrected chi connectivity index (χ4v) is 2.84. The second-order valence-electron chi connectivity index (χ2n) is 3.63. The molecule has 17 heavy (non-hydrogen) atoms. The molecule has 0 amide bonds. The van der Waals surface area contributed by atoms with Gasteiger partial charge in [0.2, 0.25) is 0 Å². The molecule has 0 spiro atoms. The van der Waals surface area contributed by atoms with Crippen molar-refractivity contribution >= 4 is 15.8 Å². The van der Waals surface area contributed by atoms with Gasteiger partial charge in [-0.3, -0.25) is 9.40 Å². The molecule has 0 saturated heterocycles. The fraction of sp³-hybridized carbons (Fsp3) is 0.333. The fourth-order valence-electron chi connectivity index (χ4n) is 1.52. The maximum atomic E-state index is 12.1. The summed E-state index contributed by atoms with van der Waals surface area (Å²) in [5.74, 6) is 0.512. The highest BCUT2D eigenvalue weighted by Crippen LogP contribution is 2.21. The largest absolute Gasteiger partial charge is 0.360 e. The molecule has 0 aliphatic rings. The number of aromatic nitrogens is 3. The van der Waals surface area contributed by atoms with Gasteiger partial charge in [-0.1, -0.05) is 5.16 Å². The lowest BCUT2D eigenvalue weighted by Crippen LogP contribution is -2.15. The van der Waals surface area contributed by atoms with Gasteiger partial charge in [-0.2, -0.15) is 5.10 Å². The summed E-state index contributed by atoms with van der Waals surface area (Å²) >= 11 is 0. The third-order valence-electron chi connectivity index (χ3n) is 2.19. The van der Waals surface area contributed by atoms with E-state index in [2.05, 4.69) is 15.0 Å². The standard InChI is InChI=1S/C9H12N4O3S/c1-6-9(7(2)16-11-6)17(14,15)12-8-4-5-13(3)10-8/h4-5H,1-3H3,(H,10,12). The molecule has 2 heterocycles. The molecule has 7 nitrogen and oxygen atoms in total. The van der Waals surface area contributed by atoms with Gasteiger partial charge in [0.15, 0.2) is 16.5 Å². The second-order valence-corrected chi connectivity index (χ2v) is 5.25. The molecule has 0 unspecified atom stereocenters. The Labute approximate surface area is 98.5 Å². The second kappa shape index (κ2) is 3.88. The third-order valence-corrected chi connectivity index (χ3v) is 3.79. The number of rotatable bonds is 3. The van der Waals surface area contributed by atoms with E-state index in [4.69, 9.17) is 4.52 Å². The molecule has 8 heteroatoms. The molecule has 2 rings (SSSR count). The van der Waals surface area contributed by atoms with Crippen molar-refractivity contribution in [2.24, 2.45) is 7.05 Å². The Balaban J connectivity index is 2.38. The van der Waals surface area contributed by atoms with Crippen LogP contribution in [0.25, 0.3) is 0 Å². The van der Waals surface area contributed by atoms with Crippen molar-refractivity contribution in [3.05, 3.63) is 23.7 Å². The topological polar surface area (TPSA) is 90.0 Å². The highest BCUT2D eigenvalue weighted by Gasteiger charge is 2.24. The monoisotopic (exact) mass is 256 g/mol. The van der Waals surface area contributed by atoms with Crippen molar-refractivity contribution in [3.8, 4) is 0 Å². The van der Waals surface area contributed by atoms with Crippen LogP contribution in [-0.4, -0.2) is 23.4 Å². The van der Waals surface area contributed by atoms with Crippen LogP contribution >= 0.6 is 0 Å². The van der Waals surface area contributed by atoms with Gasteiger partial charge in [-0.15, -0.1) is 0 Å². The number of aryl methyl sites for hydroxylation is 3. The Morgan fingerprint density at radius 3 is 2.59 bits per heavy atom. The first-order chi connectivity index (χ1) is 7.90. The van der Waals surface area contributed by atoms with Gasteiger partial charge in [-0.05, 0) is 13.8 Å². The van der Waals surface area contributed by atoms with Crippen molar-refractivity contribution < 1.29 is 12.9 Å². The quantitative estimate of drug-likeness (QED) is 0.878. The molecular weight excluding hydrogens is 244 g/mol. The lowest BCUT2D eigenvalue weighted by molar-refractivity contribution is 0.390. The predicted octanol–water partition coefficient (Wildman–Crippen LogP) is 0.826. The van der Waals surface area contributed by atoms with Crippen molar-refractivity contribution in [1.82, 2.24) is 14.9 Å². The zero-order valence-corrected chi connectivity index (χ0v) is 10.4. The molecule has 0 aliphatic heterocycles. The van der Waals surface area contributed by atoms with Crippen LogP contribution in [0.1, 0.15) is 11.5 Å². The molecule has 0 bridgehead atoms. The average Bonchev–Trinajstić information content (AvgIpc) is 2.73. The first-order valence-electron chi connectivity index (χ1n) is 4.85. The summed E-state index contributed by atoms with van der Waals surface area (Å²) in [4.78, 5) is 0.0585. The molecule has 0 aromatic carbocycles. The number of hydrogen-bond donors (Lipinski definition) is 1. The summed E-state index contributed by atoms with van der Waals surface area (Å²) in [6.45, 7) is 3.12. The van der Waals surface area contributed by atoms with Gasteiger partial charge < -0.3 is 4.52 Å². The molecular formula is C9H12N4O3S. The smallest absolute Gasteiger partial charge is 0.268 e. The van der Waals surface area contributed by atoms with Crippen molar-refractivity contribution in [2.45, 2.75) is 18.7 Å². The van der Waals surface area contributed by atoms with E-state index in [1.165, 1.54) is 4.68 Å². The zero-order valence-electron chi connectivity index (χ0n) is 9.63. The van der Waals surface area contributed by atoms with Crippen molar-refractivity contribution in [2.75, 3.05) is 4.72 Å². The van der Waals surface area contributed by atoms with Crippen LogP contribution in [0.2, 0.25) is 0 Å². The van der Waals surface area contributed by atoms with Crippen molar-refractivity contribution in [3.63, 3.8) is 0 Å². The van der Waals surface area contributed by atoms with Crippen LogP contribution in [0.4, 0.5) is 5.82 Å². The Morgan fingerprint density at radius 2 is 2.12 bits per heavy atom. The van der Waals surface area contributed by atoms with Gasteiger partial charge in [-0.25, -0.2) is 8.42 Å². The van der Waals surface area contributed by atoms with Gasteiger partial charge >= 0.3 is 0 Å². The van der Waals surface area contributed by atoms with E-state index in [0.29, 0.717) is 5.69 Å². The zero-order chi connectivity index (χ0) is 12.6. The Hall–Kier alpha value is -1.83. The molecule has 0 saturated carbocycles. The summed E-state index contributed by atoms with van der Waals surface area (Å²) in [5.41, 5.74) is 0.325. The summed E-state index contributed by atoms with van der Waals surface area (Å²) in [6.07, 6.45) is 1.64. The minimum atomic E-state index is -3.70. The molecule has 0 radical (unpaired) electrons. The minimum Gasteiger partial charge on any atom is -0.360 e. The highest BCUT2D eigenvalue weighted by molar-refractivity contribution is 7.92. The third kappa shape index (κ3) is 2.16. The SMILES string of the molecule is Cc1noc(C)c1S(=O)(=O)Nc1ccn(C)n1. The first-order valence-corrected chi connectivity index (χ1v) is 6.34. The van der Waals surface area contributed by atoms with E-state index in [9.17, 15) is 8.42 Å². The molecule has 2 aromatic rings. The highest BCUT2D eigenvalue weighted by atomic mass is 32.2. The molecule has 2 aromatic heterocycles. The van der Waals surface area contributed by atoms with Gasteiger partial charge in [0.1, 0.15) is 5.69 Å². The van der Waals surface area contributed by atoms with Crippen LogP contribution in [0, 0.1) is 13.8 Å². The summed E-state index contributed by atoms with van der Waals surface area (Å²) in [5, 5.41) is 7.55. The van der Waals surface area contributed by atoms with Gasteiger partial charge in [0, 0.05) is 19.3 Å². The Bertz CT molecular complexity index is 622. The normalized spacial score (nSPS) is 11.7. The number of hydrogen-bond acceptors (Lipinski definition) is 5. The number of nitrogens with zero attached hydrogens (tertiary/aromatic N) is 3. The minimum absolute atomic E-state index is 0.0585. The number of sulfonamides is 1. The summed E-state index contributed by atoms with van der Waals surface area (Å²) < 4.78 is 32.8. The van der Waals surface area contributed by atoms with Crippen LogP contribution < -0.4 is 4.72 Å². The molecule has 0 fully saturated rings. The lowest BCUT2D eigenvalue weighted by atomic mass is 10.4. The molecule has 0 atom stereocenters. The van der Waals surface area contributed by atoms with E-state index in [1.54, 1.807) is 33.2 Å². The maximum absolute atomic E-state index is 12.1. The van der Waals surface area contributed by atoms with E-state index in [0.717, 1.165) is 0 Å². The summed E-state index contributed by atoms with van der Waals surface area (Å²) in [7, 11) is -2.00. The predicted molar refractivity (Wildman–Crippen MR) is 60.0 cm³/mol. The average molecular weight is 256 g/mol. The van der Waals surface area contributed by atoms with Crippen molar-refractivity contribution in [1.29, 1.82) is 0 Å². The summed E-state index contributed by atoms with van der Waals surface area (Å²) in [6, 6.07) is 1.57. The first kappa shape index (κ1) is 11.6. The van der Waals surface area contributed by atoms with E-state index < -0.39 is 10.0 Å². The maximum Gasteiger partial charge on any atom is 0.268 e. The van der Waals surface area contributed by atoms with Gasteiger partial charge in [0.25, 0.3) is 10.0 Å². The Kier molecular flexibility index (Phi) is 2.66. The lowest BCUT2D eigenvalue weighted by Gasteiger charge is -2.03. The van der Waals surface area contributed by atoms with Crippen LogP contribution in [0.15, 0.2) is 21.7 Å². The van der Waals surface area contributed by atoms with Crippen LogP contribution in [-0.2, 0) is 17.1 Å². The van der Waals surface area contributed by atoms with E-state index >= 15 is 0 Å².